The first kappa shape index (κ1) is 15.7. The van der Waals surface area contributed by atoms with Crippen molar-refractivity contribution in [2.24, 2.45) is 5.92 Å². The summed E-state index contributed by atoms with van der Waals surface area (Å²) < 4.78 is 5.90. The number of rotatable bonds is 4. The molecule has 2 unspecified atom stereocenters. The van der Waals surface area contributed by atoms with Gasteiger partial charge in [-0.1, -0.05) is 15.9 Å². The maximum atomic E-state index is 12.2. The van der Waals surface area contributed by atoms with Gasteiger partial charge >= 0.3 is 5.97 Å². The van der Waals surface area contributed by atoms with E-state index < -0.39 is 17.9 Å². The molecule has 0 radical (unpaired) electrons. The van der Waals surface area contributed by atoms with Crippen LogP contribution >= 0.6 is 15.9 Å². The van der Waals surface area contributed by atoms with Crippen molar-refractivity contribution < 1.29 is 19.1 Å². The van der Waals surface area contributed by atoms with Crippen molar-refractivity contribution in [3.63, 3.8) is 0 Å². The molecule has 2 rings (SSSR count). The van der Waals surface area contributed by atoms with Gasteiger partial charge < -0.3 is 4.74 Å². The number of carbonyl (C=O) groups is 3. The van der Waals surface area contributed by atoms with E-state index in [2.05, 4.69) is 15.9 Å². The average Bonchev–Trinajstić information content (AvgIpc) is 2.78. The molecule has 0 bridgehead atoms. The van der Waals surface area contributed by atoms with Gasteiger partial charge in [0.25, 0.3) is 0 Å². The van der Waals surface area contributed by atoms with E-state index in [1.807, 2.05) is 0 Å². The predicted molar refractivity (Wildman–Crippen MR) is 80.8 cm³/mol. The first-order valence-electron chi connectivity index (χ1n) is 6.70. The van der Waals surface area contributed by atoms with Crippen LogP contribution < -0.4 is 4.90 Å². The van der Waals surface area contributed by atoms with Crippen LogP contribution in [0.1, 0.15) is 20.3 Å². The van der Waals surface area contributed by atoms with Gasteiger partial charge in [0.2, 0.25) is 5.91 Å². The number of ether oxygens (including phenoxy) is 1. The van der Waals surface area contributed by atoms with Crippen molar-refractivity contribution in [2.45, 2.75) is 26.3 Å². The molecule has 1 aromatic carbocycles. The normalized spacial score (nSPS) is 21.5. The molecule has 2 atom stereocenters. The highest BCUT2D eigenvalue weighted by Crippen LogP contribution is 2.33. The molecule has 0 aromatic heterocycles. The molecule has 1 fully saturated rings. The first-order chi connectivity index (χ1) is 9.95. The van der Waals surface area contributed by atoms with Gasteiger partial charge in [0.15, 0.2) is 0 Å². The third-order valence-electron chi connectivity index (χ3n) is 3.48. The molecule has 112 valence electrons. The number of hydrogen-bond acceptors (Lipinski definition) is 4. The average molecular weight is 354 g/mol. The van der Waals surface area contributed by atoms with Gasteiger partial charge in [-0.05, 0) is 38.1 Å². The van der Waals surface area contributed by atoms with Gasteiger partial charge in [-0.3, -0.25) is 14.5 Å². The molecular weight excluding hydrogens is 338 g/mol. The summed E-state index contributed by atoms with van der Waals surface area (Å²) in [5.41, 5.74) is 0.588. The lowest BCUT2D eigenvalue weighted by Gasteiger charge is -2.25. The van der Waals surface area contributed by atoms with Crippen LogP contribution in [0, 0.1) is 5.92 Å². The Morgan fingerprint density at radius 2 is 1.95 bits per heavy atom. The Morgan fingerprint density at radius 3 is 2.48 bits per heavy atom. The van der Waals surface area contributed by atoms with E-state index in [1.165, 1.54) is 11.8 Å². The summed E-state index contributed by atoms with van der Waals surface area (Å²) >= 11 is 3.32. The summed E-state index contributed by atoms with van der Waals surface area (Å²) in [4.78, 5) is 37.5. The molecule has 1 aliphatic rings. The lowest BCUT2D eigenvalue weighted by atomic mass is 9.96. The Morgan fingerprint density at radius 1 is 1.33 bits per heavy atom. The Hall–Kier alpha value is -1.69. The number of nitrogens with zero attached hydrogens (tertiary/aromatic N) is 1. The SMILES string of the molecule is CCOC(=O)C1C(C(C)=O)CC(=O)N1c1ccc(Br)cc1. The summed E-state index contributed by atoms with van der Waals surface area (Å²) in [5, 5.41) is 0. The van der Waals surface area contributed by atoms with Crippen LogP contribution in [-0.4, -0.2) is 30.3 Å². The second-order valence-corrected chi connectivity index (χ2v) is 5.77. The molecule has 0 N–H and O–H groups in total. The van der Waals surface area contributed by atoms with Crippen LogP contribution in [0.25, 0.3) is 0 Å². The summed E-state index contributed by atoms with van der Waals surface area (Å²) in [7, 11) is 0. The van der Waals surface area contributed by atoms with Gasteiger partial charge in [0.1, 0.15) is 11.8 Å². The van der Waals surface area contributed by atoms with Crippen LogP contribution in [0.4, 0.5) is 5.69 Å². The molecular formula is C15H16BrNO4. The zero-order valence-corrected chi connectivity index (χ0v) is 13.4. The minimum Gasteiger partial charge on any atom is -0.464 e. The maximum Gasteiger partial charge on any atom is 0.330 e. The van der Waals surface area contributed by atoms with E-state index in [1.54, 1.807) is 31.2 Å². The van der Waals surface area contributed by atoms with Gasteiger partial charge in [0.05, 0.1) is 12.5 Å². The summed E-state index contributed by atoms with van der Waals surface area (Å²) in [6.45, 7) is 3.30. The molecule has 0 spiro atoms. The number of hydrogen-bond donors (Lipinski definition) is 0. The number of esters is 1. The molecule has 5 nitrogen and oxygen atoms in total. The Balaban J connectivity index is 2.40. The fourth-order valence-electron chi connectivity index (χ4n) is 2.50. The summed E-state index contributed by atoms with van der Waals surface area (Å²) in [6, 6.07) is 6.15. The van der Waals surface area contributed by atoms with E-state index in [4.69, 9.17) is 4.74 Å². The van der Waals surface area contributed by atoms with E-state index in [0.29, 0.717) is 5.69 Å². The first-order valence-corrected chi connectivity index (χ1v) is 7.49. The third-order valence-corrected chi connectivity index (χ3v) is 4.01. The molecule has 1 aromatic rings. The lowest BCUT2D eigenvalue weighted by Crippen LogP contribution is -2.44. The minimum atomic E-state index is -0.879. The number of anilines is 1. The van der Waals surface area contributed by atoms with Crippen molar-refractivity contribution in [2.75, 3.05) is 11.5 Å². The van der Waals surface area contributed by atoms with Crippen molar-refractivity contribution in [3.05, 3.63) is 28.7 Å². The number of carbonyl (C=O) groups excluding carboxylic acids is 3. The van der Waals surface area contributed by atoms with Crippen LogP contribution in [-0.2, 0) is 19.1 Å². The van der Waals surface area contributed by atoms with Gasteiger partial charge in [0, 0.05) is 16.6 Å². The van der Waals surface area contributed by atoms with E-state index in [0.717, 1.165) is 4.47 Å². The van der Waals surface area contributed by atoms with Crippen molar-refractivity contribution in [1.29, 1.82) is 0 Å². The standard InChI is InChI=1S/C15H16BrNO4/c1-3-21-15(20)14-12(9(2)18)8-13(19)17(14)11-6-4-10(16)5-7-11/h4-7,12,14H,3,8H2,1-2H3. The Bertz CT molecular complexity index is 570. The zero-order chi connectivity index (χ0) is 15.6. The van der Waals surface area contributed by atoms with Crippen molar-refractivity contribution in [3.8, 4) is 0 Å². The second-order valence-electron chi connectivity index (χ2n) is 4.86. The number of halogens is 1. The molecule has 1 heterocycles. The molecule has 0 aliphatic carbocycles. The molecule has 6 heteroatoms. The quantitative estimate of drug-likeness (QED) is 0.779. The van der Waals surface area contributed by atoms with Gasteiger partial charge in [-0.15, -0.1) is 0 Å². The Kier molecular flexibility index (Phi) is 4.77. The highest BCUT2D eigenvalue weighted by molar-refractivity contribution is 9.10. The number of Topliss-reactive ketones (excluding diaryl/α,β-unsaturated/α-hetero) is 1. The highest BCUT2D eigenvalue weighted by atomic mass is 79.9. The topological polar surface area (TPSA) is 63.7 Å². The fraction of sp³-hybridized carbons (Fsp3) is 0.400. The number of benzene rings is 1. The highest BCUT2D eigenvalue weighted by Gasteiger charge is 2.47. The molecule has 1 amide bonds. The predicted octanol–water partition coefficient (Wildman–Crippen LogP) is 2.32. The van der Waals surface area contributed by atoms with Gasteiger partial charge in [-0.2, -0.15) is 0 Å². The van der Waals surface area contributed by atoms with Crippen LogP contribution in [0.15, 0.2) is 28.7 Å². The van der Waals surface area contributed by atoms with Crippen molar-refractivity contribution >= 4 is 39.3 Å². The third kappa shape index (κ3) is 3.15. The smallest absolute Gasteiger partial charge is 0.330 e. The molecule has 21 heavy (non-hydrogen) atoms. The van der Waals surface area contributed by atoms with Crippen LogP contribution in [0.5, 0.6) is 0 Å². The van der Waals surface area contributed by atoms with E-state index in [-0.39, 0.29) is 24.7 Å². The Labute approximate surface area is 131 Å². The largest absolute Gasteiger partial charge is 0.464 e. The molecule has 1 saturated heterocycles. The minimum absolute atomic E-state index is 0.0366. The fourth-order valence-corrected chi connectivity index (χ4v) is 2.77. The number of ketones is 1. The maximum absolute atomic E-state index is 12.2. The monoisotopic (exact) mass is 353 g/mol. The molecule has 1 aliphatic heterocycles. The van der Waals surface area contributed by atoms with Gasteiger partial charge in [-0.25, -0.2) is 4.79 Å². The summed E-state index contributed by atoms with van der Waals surface area (Å²) in [5.74, 6) is -1.61. The van der Waals surface area contributed by atoms with Crippen LogP contribution in [0.2, 0.25) is 0 Å². The van der Waals surface area contributed by atoms with Crippen molar-refractivity contribution in [1.82, 2.24) is 0 Å². The number of amides is 1. The van der Waals surface area contributed by atoms with Crippen LogP contribution in [0.3, 0.4) is 0 Å². The molecule has 0 saturated carbocycles. The van der Waals surface area contributed by atoms with E-state index in [9.17, 15) is 14.4 Å². The lowest BCUT2D eigenvalue weighted by molar-refractivity contribution is -0.147. The zero-order valence-electron chi connectivity index (χ0n) is 11.8. The summed E-state index contributed by atoms with van der Waals surface area (Å²) in [6.07, 6.45) is 0.0366. The van der Waals surface area contributed by atoms with E-state index >= 15 is 0 Å². The second kappa shape index (κ2) is 6.39.